The highest BCUT2D eigenvalue weighted by Crippen LogP contribution is 2.24. The Kier molecular flexibility index (Phi) is 10.6. The van der Waals surface area contributed by atoms with Crippen molar-refractivity contribution < 1.29 is 4.79 Å². The average molecular weight is 556 g/mol. The van der Waals surface area contributed by atoms with E-state index in [4.69, 9.17) is 0 Å². The molecule has 1 aliphatic rings. The molecule has 6 nitrogen and oxygen atoms in total. The number of anilines is 1. The molecule has 1 aromatic heterocycles. The highest BCUT2D eigenvalue weighted by molar-refractivity contribution is 14.0. The van der Waals surface area contributed by atoms with E-state index in [-0.39, 0.29) is 35.9 Å². The fraction of sp³-hybridized carbons (Fsp3) is 0.478. The minimum Gasteiger partial charge on any atom is -0.363 e. The van der Waals surface area contributed by atoms with Crippen molar-refractivity contribution >= 4 is 52.2 Å². The molecular weight excluding hydrogens is 521 g/mol. The number of carbonyl (C=O) groups excluding carboxylic acids is 1. The Hall–Kier alpha value is -1.81. The van der Waals surface area contributed by atoms with Gasteiger partial charge in [-0.1, -0.05) is 19.1 Å². The van der Waals surface area contributed by atoms with Crippen molar-refractivity contribution in [3.05, 3.63) is 52.9 Å². The zero-order valence-corrected chi connectivity index (χ0v) is 21.7. The highest BCUT2D eigenvalue weighted by Gasteiger charge is 2.20. The van der Waals surface area contributed by atoms with Crippen LogP contribution in [0.1, 0.15) is 49.0 Å². The Morgan fingerprint density at radius 3 is 2.68 bits per heavy atom. The highest BCUT2D eigenvalue weighted by atomic mass is 127. The molecule has 0 radical (unpaired) electrons. The maximum absolute atomic E-state index is 12.4. The summed E-state index contributed by atoms with van der Waals surface area (Å²) in [6.07, 6.45) is 3.09. The number of guanidine groups is 1. The Balaban J connectivity index is 0.00000341. The first kappa shape index (κ1) is 25.5. The molecule has 1 saturated heterocycles. The van der Waals surface area contributed by atoms with Crippen molar-refractivity contribution in [2.45, 2.75) is 51.7 Å². The van der Waals surface area contributed by atoms with Gasteiger partial charge in [0.05, 0.1) is 5.00 Å². The van der Waals surface area contributed by atoms with Crippen LogP contribution in [0.4, 0.5) is 5.00 Å². The van der Waals surface area contributed by atoms with Gasteiger partial charge in [0.1, 0.15) is 0 Å². The number of carbonyl (C=O) groups is 1. The molecule has 31 heavy (non-hydrogen) atoms. The average Bonchev–Trinajstić information content (AvgIpc) is 3.32. The molecule has 1 unspecified atom stereocenters. The number of thiophene rings is 1. The predicted octanol–water partition coefficient (Wildman–Crippen LogP) is 4.23. The molecule has 0 bridgehead atoms. The van der Waals surface area contributed by atoms with Gasteiger partial charge in [-0.15, -0.1) is 35.3 Å². The zero-order valence-electron chi connectivity index (χ0n) is 18.6. The third kappa shape index (κ3) is 7.68. The molecule has 8 heteroatoms. The van der Waals surface area contributed by atoms with E-state index in [0.717, 1.165) is 43.9 Å². The van der Waals surface area contributed by atoms with Gasteiger partial charge >= 0.3 is 0 Å². The lowest BCUT2D eigenvalue weighted by Gasteiger charge is -2.33. The fourth-order valence-corrected chi connectivity index (χ4v) is 4.28. The Morgan fingerprint density at radius 2 is 2.03 bits per heavy atom. The second-order valence-electron chi connectivity index (χ2n) is 7.77. The van der Waals surface area contributed by atoms with Crippen LogP contribution >= 0.6 is 35.3 Å². The molecule has 1 amide bonds. The van der Waals surface area contributed by atoms with Crippen molar-refractivity contribution in [2.24, 2.45) is 4.99 Å². The smallest absolute Gasteiger partial charge is 0.251 e. The maximum atomic E-state index is 12.4. The first-order chi connectivity index (χ1) is 14.6. The van der Waals surface area contributed by atoms with Crippen LogP contribution in [0.25, 0.3) is 0 Å². The van der Waals surface area contributed by atoms with Gasteiger partial charge in [-0.3, -0.25) is 9.79 Å². The predicted molar refractivity (Wildman–Crippen MR) is 142 cm³/mol. The Morgan fingerprint density at radius 1 is 1.26 bits per heavy atom. The minimum atomic E-state index is -0.0220. The van der Waals surface area contributed by atoms with E-state index in [9.17, 15) is 4.79 Å². The summed E-state index contributed by atoms with van der Waals surface area (Å²) >= 11 is 1.80. The first-order valence-electron chi connectivity index (χ1n) is 10.7. The second-order valence-corrected chi connectivity index (χ2v) is 8.69. The Bertz CT molecular complexity index is 834. The van der Waals surface area contributed by atoms with Crippen LogP contribution in [0.2, 0.25) is 0 Å². The van der Waals surface area contributed by atoms with Crippen molar-refractivity contribution in [2.75, 3.05) is 25.0 Å². The zero-order chi connectivity index (χ0) is 21.3. The number of nitrogens with one attached hydrogen (secondary N) is 3. The molecular formula is C23H34IN5OS. The van der Waals surface area contributed by atoms with Gasteiger partial charge in [0.25, 0.3) is 5.91 Å². The van der Waals surface area contributed by atoms with Gasteiger partial charge in [-0.2, -0.15) is 0 Å². The summed E-state index contributed by atoms with van der Waals surface area (Å²) in [5.74, 6) is 0.783. The van der Waals surface area contributed by atoms with Gasteiger partial charge in [0.2, 0.25) is 0 Å². The van der Waals surface area contributed by atoms with E-state index in [0.29, 0.717) is 18.2 Å². The monoisotopic (exact) mass is 555 g/mol. The van der Waals surface area contributed by atoms with Gasteiger partial charge < -0.3 is 20.9 Å². The Labute approximate surface area is 206 Å². The second kappa shape index (κ2) is 12.9. The van der Waals surface area contributed by atoms with Crippen molar-refractivity contribution in [1.29, 1.82) is 0 Å². The molecule has 1 fully saturated rings. The van der Waals surface area contributed by atoms with E-state index >= 15 is 0 Å². The quantitative estimate of drug-likeness (QED) is 0.272. The van der Waals surface area contributed by atoms with E-state index < -0.39 is 0 Å². The molecule has 0 spiro atoms. The number of aliphatic imine (C=N–C) groups is 1. The minimum absolute atomic E-state index is 0. The van der Waals surface area contributed by atoms with E-state index in [1.165, 1.54) is 5.00 Å². The molecule has 3 rings (SSSR count). The number of amides is 1. The summed E-state index contributed by atoms with van der Waals surface area (Å²) in [7, 11) is 1.80. The number of rotatable bonds is 7. The van der Waals surface area contributed by atoms with Crippen molar-refractivity contribution in [3.8, 4) is 0 Å². The fourth-order valence-electron chi connectivity index (χ4n) is 3.50. The lowest BCUT2D eigenvalue weighted by Crippen LogP contribution is -2.48. The van der Waals surface area contributed by atoms with Gasteiger partial charge in [-0.25, -0.2) is 0 Å². The largest absolute Gasteiger partial charge is 0.363 e. The van der Waals surface area contributed by atoms with E-state index in [2.05, 4.69) is 50.3 Å². The molecule has 1 aromatic carbocycles. The van der Waals surface area contributed by atoms with Crippen LogP contribution < -0.4 is 20.9 Å². The van der Waals surface area contributed by atoms with Gasteiger partial charge in [-0.05, 0) is 61.4 Å². The summed E-state index contributed by atoms with van der Waals surface area (Å²) in [5.41, 5.74) is 1.75. The van der Waals surface area contributed by atoms with Crippen LogP contribution in [0.3, 0.4) is 0 Å². The molecule has 2 aromatic rings. The maximum Gasteiger partial charge on any atom is 0.251 e. The van der Waals surface area contributed by atoms with Crippen LogP contribution in [-0.4, -0.2) is 44.1 Å². The molecule has 2 heterocycles. The normalized spacial score (nSPS) is 15.7. The van der Waals surface area contributed by atoms with Crippen LogP contribution in [0.15, 0.2) is 46.8 Å². The molecule has 1 aliphatic heterocycles. The lowest BCUT2D eigenvalue weighted by molar-refractivity contribution is 0.0939. The molecule has 3 N–H and O–H groups in total. The summed E-state index contributed by atoms with van der Waals surface area (Å²) in [5, 5.41) is 13.4. The topological polar surface area (TPSA) is 68.8 Å². The number of halogens is 1. The SMILES string of the molecule is CCC(C)NC(=O)c1cccc(CNC(=NC)NC2CCN(c3cccs3)CC2)c1.I. The number of piperidine rings is 1. The molecule has 0 aliphatic carbocycles. The van der Waals surface area contributed by atoms with Gasteiger partial charge in [0, 0.05) is 44.3 Å². The summed E-state index contributed by atoms with van der Waals surface area (Å²) in [6, 6.07) is 12.6. The van der Waals surface area contributed by atoms with Crippen LogP contribution in [-0.2, 0) is 6.54 Å². The third-order valence-electron chi connectivity index (χ3n) is 5.52. The van der Waals surface area contributed by atoms with Gasteiger partial charge in [0.15, 0.2) is 5.96 Å². The van der Waals surface area contributed by atoms with Crippen molar-refractivity contribution in [1.82, 2.24) is 16.0 Å². The van der Waals surface area contributed by atoms with Crippen LogP contribution in [0, 0.1) is 0 Å². The standard InChI is InChI=1S/C23H33N5OS.HI/c1-4-17(2)26-22(29)19-8-5-7-18(15-19)16-25-23(24-3)27-20-10-12-28(13-11-20)21-9-6-14-30-21;/h5-9,14-15,17,20H,4,10-13,16H2,1-3H3,(H,26,29)(H2,24,25,27);1H. The lowest BCUT2D eigenvalue weighted by atomic mass is 10.1. The van der Waals surface area contributed by atoms with E-state index in [1.54, 1.807) is 18.4 Å². The summed E-state index contributed by atoms with van der Waals surface area (Å²) in [6.45, 7) is 6.82. The third-order valence-corrected chi connectivity index (χ3v) is 6.45. The number of hydrogen-bond acceptors (Lipinski definition) is 4. The first-order valence-corrected chi connectivity index (χ1v) is 11.6. The van der Waals surface area contributed by atoms with E-state index in [1.807, 2.05) is 31.2 Å². The number of nitrogens with zero attached hydrogens (tertiary/aromatic N) is 2. The summed E-state index contributed by atoms with van der Waals surface area (Å²) < 4.78 is 0. The molecule has 170 valence electrons. The van der Waals surface area contributed by atoms with Crippen molar-refractivity contribution in [3.63, 3.8) is 0 Å². The number of hydrogen-bond donors (Lipinski definition) is 3. The number of benzene rings is 1. The summed E-state index contributed by atoms with van der Waals surface area (Å²) in [4.78, 5) is 19.2. The molecule has 0 saturated carbocycles. The molecule has 1 atom stereocenters. The van der Waals surface area contributed by atoms with Crippen LogP contribution in [0.5, 0.6) is 0 Å².